The molecule has 0 fully saturated rings. The third-order valence-corrected chi connectivity index (χ3v) is 4.26. The van der Waals surface area contributed by atoms with E-state index >= 15 is 0 Å². The summed E-state index contributed by atoms with van der Waals surface area (Å²) >= 11 is 5.95. The molecule has 7 heteroatoms. The number of nitrogen functional groups attached to an aromatic ring is 1. The van der Waals surface area contributed by atoms with Crippen LogP contribution in [0.25, 0.3) is 0 Å². The van der Waals surface area contributed by atoms with Gasteiger partial charge in [-0.1, -0.05) is 17.7 Å². The predicted octanol–water partition coefficient (Wildman–Crippen LogP) is 1.38. The number of sulfonamides is 1. The Hall–Kier alpha value is -0.820. The van der Waals surface area contributed by atoms with Crippen LogP contribution in [-0.2, 0) is 21.3 Å². The minimum absolute atomic E-state index is 0.0872. The van der Waals surface area contributed by atoms with Gasteiger partial charge in [0, 0.05) is 24.4 Å². The molecular formula is C11H17ClN2O3S. The molecule has 0 aliphatic rings. The van der Waals surface area contributed by atoms with Crippen LogP contribution in [0.1, 0.15) is 12.5 Å². The highest BCUT2D eigenvalue weighted by Crippen LogP contribution is 2.19. The maximum absolute atomic E-state index is 11.7. The lowest BCUT2D eigenvalue weighted by atomic mass is 10.2. The van der Waals surface area contributed by atoms with Gasteiger partial charge in [0.1, 0.15) is 0 Å². The van der Waals surface area contributed by atoms with Crippen molar-refractivity contribution in [2.45, 2.75) is 19.6 Å². The third kappa shape index (κ3) is 4.81. The highest BCUT2D eigenvalue weighted by molar-refractivity contribution is 7.89. The highest BCUT2D eigenvalue weighted by Gasteiger charge is 2.15. The first-order valence-corrected chi connectivity index (χ1v) is 7.41. The summed E-state index contributed by atoms with van der Waals surface area (Å²) in [7, 11) is -1.91. The molecule has 0 heterocycles. The second-order valence-corrected chi connectivity index (χ2v) is 6.26. The molecule has 102 valence electrons. The molecular weight excluding hydrogens is 276 g/mol. The van der Waals surface area contributed by atoms with Crippen molar-refractivity contribution in [2.75, 3.05) is 18.6 Å². The number of methoxy groups -OCH3 is 1. The number of nitrogens with one attached hydrogen (secondary N) is 1. The fourth-order valence-electron chi connectivity index (χ4n) is 1.33. The van der Waals surface area contributed by atoms with E-state index in [0.29, 0.717) is 16.3 Å². The maximum atomic E-state index is 11.7. The fourth-order valence-corrected chi connectivity index (χ4v) is 2.83. The van der Waals surface area contributed by atoms with Crippen molar-refractivity contribution in [3.63, 3.8) is 0 Å². The Bertz CT molecular complexity index is 505. The van der Waals surface area contributed by atoms with Gasteiger partial charge in [0.05, 0.1) is 11.9 Å². The maximum Gasteiger partial charge on any atom is 0.214 e. The van der Waals surface area contributed by atoms with E-state index in [-0.39, 0.29) is 18.4 Å². The molecule has 0 saturated heterocycles. The monoisotopic (exact) mass is 292 g/mol. The van der Waals surface area contributed by atoms with Gasteiger partial charge in [-0.15, -0.1) is 0 Å². The SMILES string of the molecule is CO[C@H](C)CS(=O)(=O)NCc1ccc(N)cc1Cl. The van der Waals surface area contributed by atoms with E-state index in [0.717, 1.165) is 0 Å². The number of ether oxygens (including phenoxy) is 1. The van der Waals surface area contributed by atoms with Crippen molar-refractivity contribution < 1.29 is 13.2 Å². The summed E-state index contributed by atoms with van der Waals surface area (Å²) in [6.07, 6.45) is -0.357. The van der Waals surface area contributed by atoms with E-state index in [1.54, 1.807) is 25.1 Å². The summed E-state index contributed by atoms with van der Waals surface area (Å²) < 4.78 is 30.8. The van der Waals surface area contributed by atoms with Gasteiger partial charge >= 0.3 is 0 Å². The molecule has 1 rings (SSSR count). The first-order chi connectivity index (χ1) is 8.34. The number of rotatable bonds is 6. The van der Waals surface area contributed by atoms with Crippen LogP contribution < -0.4 is 10.5 Å². The first-order valence-electron chi connectivity index (χ1n) is 5.38. The molecule has 0 spiro atoms. The normalized spacial score (nSPS) is 13.5. The summed E-state index contributed by atoms with van der Waals surface area (Å²) in [6.45, 7) is 1.83. The summed E-state index contributed by atoms with van der Waals surface area (Å²) in [5.41, 5.74) is 6.78. The quantitative estimate of drug-likeness (QED) is 0.776. The van der Waals surface area contributed by atoms with Crippen LogP contribution in [0.4, 0.5) is 5.69 Å². The summed E-state index contributed by atoms with van der Waals surface area (Å²) in [5.74, 6) is -0.0872. The van der Waals surface area contributed by atoms with Crippen LogP contribution in [0.2, 0.25) is 5.02 Å². The van der Waals surface area contributed by atoms with Gasteiger partial charge in [0.2, 0.25) is 10.0 Å². The summed E-state index contributed by atoms with van der Waals surface area (Å²) in [6, 6.07) is 4.95. The van der Waals surface area contributed by atoms with Gasteiger partial charge < -0.3 is 10.5 Å². The number of benzene rings is 1. The Morgan fingerprint density at radius 2 is 2.17 bits per heavy atom. The fraction of sp³-hybridized carbons (Fsp3) is 0.455. The van der Waals surface area contributed by atoms with Gasteiger partial charge in [0.15, 0.2) is 0 Å². The van der Waals surface area contributed by atoms with Crippen LogP contribution in [0.5, 0.6) is 0 Å². The van der Waals surface area contributed by atoms with Gasteiger partial charge in [-0.05, 0) is 24.6 Å². The van der Waals surface area contributed by atoms with Crippen LogP contribution in [0.15, 0.2) is 18.2 Å². The van der Waals surface area contributed by atoms with E-state index in [1.165, 1.54) is 7.11 Å². The topological polar surface area (TPSA) is 81.4 Å². The number of nitrogens with two attached hydrogens (primary N) is 1. The number of halogens is 1. The Morgan fingerprint density at radius 1 is 1.50 bits per heavy atom. The van der Waals surface area contributed by atoms with E-state index in [4.69, 9.17) is 22.1 Å². The lowest BCUT2D eigenvalue weighted by Crippen LogP contribution is -2.31. The molecule has 0 aliphatic carbocycles. The smallest absolute Gasteiger partial charge is 0.214 e. The Balaban J connectivity index is 2.64. The number of anilines is 1. The van der Waals surface area contributed by atoms with Crippen molar-refractivity contribution in [2.24, 2.45) is 0 Å². The molecule has 3 N–H and O–H groups in total. The van der Waals surface area contributed by atoms with Crippen molar-refractivity contribution in [3.05, 3.63) is 28.8 Å². The Labute approximate surface area is 112 Å². The molecule has 0 aliphatic heterocycles. The van der Waals surface area contributed by atoms with E-state index in [1.807, 2.05) is 0 Å². The second kappa shape index (κ2) is 6.38. The Morgan fingerprint density at radius 3 is 2.72 bits per heavy atom. The summed E-state index contributed by atoms with van der Waals surface area (Å²) in [5, 5.41) is 0.442. The van der Waals surface area contributed by atoms with Crippen molar-refractivity contribution >= 4 is 27.3 Å². The molecule has 0 aromatic heterocycles. The van der Waals surface area contributed by atoms with Crippen molar-refractivity contribution in [1.29, 1.82) is 0 Å². The largest absolute Gasteiger partial charge is 0.399 e. The molecule has 1 aromatic carbocycles. The van der Waals surface area contributed by atoms with Crippen LogP contribution >= 0.6 is 11.6 Å². The van der Waals surface area contributed by atoms with Gasteiger partial charge in [-0.3, -0.25) is 0 Å². The zero-order chi connectivity index (χ0) is 13.8. The van der Waals surface area contributed by atoms with Gasteiger partial charge in [-0.25, -0.2) is 13.1 Å². The zero-order valence-corrected chi connectivity index (χ0v) is 11.9. The van der Waals surface area contributed by atoms with Gasteiger partial charge in [0.25, 0.3) is 0 Å². The van der Waals surface area contributed by atoms with E-state index in [9.17, 15) is 8.42 Å². The molecule has 0 bridgehead atoms. The average molecular weight is 293 g/mol. The number of hydrogen-bond acceptors (Lipinski definition) is 4. The summed E-state index contributed by atoms with van der Waals surface area (Å²) in [4.78, 5) is 0. The lowest BCUT2D eigenvalue weighted by molar-refractivity contribution is 0.136. The standard InChI is InChI=1S/C11H17ClN2O3S/c1-8(17-2)7-18(15,16)14-6-9-3-4-10(13)5-11(9)12/h3-5,8,14H,6-7,13H2,1-2H3/t8-/m1/s1. The Kier molecular flexibility index (Phi) is 5.40. The molecule has 0 amide bonds. The van der Waals surface area contributed by atoms with Crippen molar-refractivity contribution in [1.82, 2.24) is 4.72 Å². The van der Waals surface area contributed by atoms with Gasteiger partial charge in [-0.2, -0.15) is 0 Å². The molecule has 0 unspecified atom stereocenters. The second-order valence-electron chi connectivity index (χ2n) is 4.00. The third-order valence-electron chi connectivity index (χ3n) is 2.42. The number of hydrogen-bond donors (Lipinski definition) is 2. The molecule has 0 saturated carbocycles. The van der Waals surface area contributed by atoms with E-state index < -0.39 is 10.0 Å². The molecule has 18 heavy (non-hydrogen) atoms. The highest BCUT2D eigenvalue weighted by atomic mass is 35.5. The van der Waals surface area contributed by atoms with Crippen LogP contribution in [0, 0.1) is 0 Å². The lowest BCUT2D eigenvalue weighted by Gasteiger charge is -2.12. The minimum Gasteiger partial charge on any atom is -0.399 e. The first kappa shape index (κ1) is 15.2. The zero-order valence-electron chi connectivity index (χ0n) is 10.3. The molecule has 1 atom stereocenters. The minimum atomic E-state index is -3.38. The predicted molar refractivity (Wildman–Crippen MR) is 73.0 cm³/mol. The van der Waals surface area contributed by atoms with E-state index in [2.05, 4.69) is 4.72 Å². The molecule has 0 radical (unpaired) electrons. The van der Waals surface area contributed by atoms with Crippen LogP contribution in [-0.4, -0.2) is 27.4 Å². The van der Waals surface area contributed by atoms with Crippen molar-refractivity contribution in [3.8, 4) is 0 Å². The average Bonchev–Trinajstić information content (AvgIpc) is 2.27. The molecule has 5 nitrogen and oxygen atoms in total. The molecule has 1 aromatic rings. The van der Waals surface area contributed by atoms with Crippen LogP contribution in [0.3, 0.4) is 0 Å².